The van der Waals surface area contributed by atoms with Crippen molar-refractivity contribution in [3.8, 4) is 0 Å². The molecule has 112 valence electrons. The lowest BCUT2D eigenvalue weighted by atomic mass is 10.2. The zero-order chi connectivity index (χ0) is 15.8. The minimum atomic E-state index is -4.74. The van der Waals surface area contributed by atoms with Crippen LogP contribution in [0.25, 0.3) is 11.0 Å². The van der Waals surface area contributed by atoms with Crippen LogP contribution in [0.4, 0.5) is 18.9 Å². The Morgan fingerprint density at radius 3 is 2.57 bits per heavy atom. The average molecular weight is 320 g/mol. The predicted molar refractivity (Wildman–Crippen MR) is 71.4 cm³/mol. The van der Waals surface area contributed by atoms with Crippen molar-refractivity contribution in [1.82, 2.24) is 0 Å². The number of alkyl halides is 4. The molecule has 1 N–H and O–H groups in total. The molecule has 1 amide bonds. The van der Waals surface area contributed by atoms with Gasteiger partial charge in [0.2, 0.25) is 11.7 Å². The molecule has 0 saturated heterocycles. The number of benzene rings is 1. The van der Waals surface area contributed by atoms with Gasteiger partial charge in [-0.1, -0.05) is 0 Å². The Bertz CT molecular complexity index is 752. The number of carbonyl (C=O) groups is 1. The van der Waals surface area contributed by atoms with E-state index in [-0.39, 0.29) is 16.7 Å². The third kappa shape index (κ3) is 3.36. The van der Waals surface area contributed by atoms with E-state index in [4.69, 9.17) is 11.6 Å². The molecular weight excluding hydrogens is 311 g/mol. The second-order valence-electron chi connectivity index (χ2n) is 4.29. The molecule has 1 atom stereocenters. The molecule has 2 rings (SSSR count). The average Bonchev–Trinajstić information content (AvgIpc) is 2.38. The van der Waals surface area contributed by atoms with Crippen LogP contribution in [0.3, 0.4) is 0 Å². The van der Waals surface area contributed by atoms with E-state index < -0.39 is 28.6 Å². The number of rotatable bonds is 2. The van der Waals surface area contributed by atoms with Crippen LogP contribution in [0.2, 0.25) is 0 Å². The fourth-order valence-corrected chi connectivity index (χ4v) is 1.67. The van der Waals surface area contributed by atoms with E-state index in [9.17, 15) is 22.8 Å². The van der Waals surface area contributed by atoms with Gasteiger partial charge in [-0.05, 0) is 25.1 Å². The zero-order valence-corrected chi connectivity index (χ0v) is 11.4. The molecule has 1 unspecified atom stereocenters. The van der Waals surface area contributed by atoms with Gasteiger partial charge in [-0.2, -0.15) is 13.2 Å². The van der Waals surface area contributed by atoms with Crippen molar-refractivity contribution in [3.05, 3.63) is 40.2 Å². The first kappa shape index (κ1) is 15.4. The molecule has 0 spiro atoms. The lowest BCUT2D eigenvalue weighted by Crippen LogP contribution is -2.20. The lowest BCUT2D eigenvalue weighted by Gasteiger charge is -2.09. The molecular formula is C13H9ClF3NO3. The number of halogens is 4. The first-order valence-electron chi connectivity index (χ1n) is 5.78. The second-order valence-corrected chi connectivity index (χ2v) is 4.94. The SMILES string of the molecule is CC(Cl)C(=O)Nc1ccc2oc(C(F)(F)F)cc(=O)c2c1. The Labute approximate surface area is 121 Å². The van der Waals surface area contributed by atoms with Crippen LogP contribution >= 0.6 is 11.6 Å². The highest BCUT2D eigenvalue weighted by molar-refractivity contribution is 6.32. The van der Waals surface area contributed by atoms with Gasteiger partial charge in [-0.15, -0.1) is 11.6 Å². The van der Waals surface area contributed by atoms with Gasteiger partial charge in [0.05, 0.1) is 5.39 Å². The van der Waals surface area contributed by atoms with E-state index in [1.165, 1.54) is 25.1 Å². The number of hydrogen-bond acceptors (Lipinski definition) is 3. The summed E-state index contributed by atoms with van der Waals surface area (Å²) in [5.74, 6) is -1.86. The van der Waals surface area contributed by atoms with Gasteiger partial charge in [0.25, 0.3) is 0 Å². The highest BCUT2D eigenvalue weighted by Crippen LogP contribution is 2.30. The van der Waals surface area contributed by atoms with Crippen LogP contribution < -0.4 is 10.7 Å². The van der Waals surface area contributed by atoms with Crippen LogP contribution in [0.5, 0.6) is 0 Å². The quantitative estimate of drug-likeness (QED) is 0.863. The van der Waals surface area contributed by atoms with Crippen molar-refractivity contribution in [2.45, 2.75) is 18.5 Å². The van der Waals surface area contributed by atoms with E-state index in [2.05, 4.69) is 9.73 Å². The number of anilines is 1. The third-order valence-electron chi connectivity index (χ3n) is 2.64. The van der Waals surface area contributed by atoms with Crippen molar-refractivity contribution >= 4 is 34.2 Å². The highest BCUT2D eigenvalue weighted by atomic mass is 35.5. The summed E-state index contributed by atoms with van der Waals surface area (Å²) in [6, 6.07) is 4.11. The minimum Gasteiger partial charge on any atom is -0.451 e. The molecule has 1 aromatic carbocycles. The fourth-order valence-electron chi connectivity index (χ4n) is 1.62. The molecule has 1 aromatic heterocycles. The van der Waals surface area contributed by atoms with Crippen LogP contribution in [-0.4, -0.2) is 11.3 Å². The second kappa shape index (κ2) is 5.40. The van der Waals surface area contributed by atoms with Crippen molar-refractivity contribution in [3.63, 3.8) is 0 Å². The van der Waals surface area contributed by atoms with E-state index >= 15 is 0 Å². The van der Waals surface area contributed by atoms with Crippen LogP contribution in [0, 0.1) is 0 Å². The Morgan fingerprint density at radius 2 is 2.00 bits per heavy atom. The van der Waals surface area contributed by atoms with Crippen molar-refractivity contribution < 1.29 is 22.4 Å². The topological polar surface area (TPSA) is 59.3 Å². The molecule has 0 bridgehead atoms. The fraction of sp³-hybridized carbons (Fsp3) is 0.231. The number of nitrogens with one attached hydrogen (secondary N) is 1. The molecule has 0 radical (unpaired) electrons. The molecule has 4 nitrogen and oxygen atoms in total. The van der Waals surface area contributed by atoms with E-state index in [0.717, 1.165) is 0 Å². The summed E-state index contributed by atoms with van der Waals surface area (Å²) in [5.41, 5.74) is -0.822. The Morgan fingerprint density at radius 1 is 1.33 bits per heavy atom. The summed E-state index contributed by atoms with van der Waals surface area (Å²) in [6.07, 6.45) is -4.74. The van der Waals surface area contributed by atoms with Gasteiger partial charge in [0, 0.05) is 11.8 Å². The smallest absolute Gasteiger partial charge is 0.449 e. The Kier molecular flexibility index (Phi) is 3.95. The minimum absolute atomic E-state index is 0.0666. The maximum atomic E-state index is 12.5. The molecule has 2 aromatic rings. The molecule has 0 aliphatic carbocycles. The number of fused-ring (bicyclic) bond motifs is 1. The van der Waals surface area contributed by atoms with E-state index in [0.29, 0.717) is 6.07 Å². The van der Waals surface area contributed by atoms with Crippen molar-refractivity contribution in [2.24, 2.45) is 0 Å². The largest absolute Gasteiger partial charge is 0.451 e. The number of hydrogen-bond donors (Lipinski definition) is 1. The molecule has 0 aliphatic rings. The molecule has 0 fully saturated rings. The number of amides is 1. The maximum absolute atomic E-state index is 12.5. The van der Waals surface area contributed by atoms with Gasteiger partial charge in [0.1, 0.15) is 11.0 Å². The van der Waals surface area contributed by atoms with E-state index in [1.54, 1.807) is 0 Å². The van der Waals surface area contributed by atoms with Crippen LogP contribution in [-0.2, 0) is 11.0 Å². The lowest BCUT2D eigenvalue weighted by molar-refractivity contribution is -0.152. The highest BCUT2D eigenvalue weighted by Gasteiger charge is 2.34. The van der Waals surface area contributed by atoms with E-state index in [1.807, 2.05) is 0 Å². The van der Waals surface area contributed by atoms with Gasteiger partial charge in [-0.3, -0.25) is 9.59 Å². The monoisotopic (exact) mass is 319 g/mol. The van der Waals surface area contributed by atoms with Crippen molar-refractivity contribution in [2.75, 3.05) is 5.32 Å². The van der Waals surface area contributed by atoms with Gasteiger partial charge in [0.15, 0.2) is 5.43 Å². The summed E-state index contributed by atoms with van der Waals surface area (Å²) < 4.78 is 42.2. The van der Waals surface area contributed by atoms with Crippen molar-refractivity contribution in [1.29, 1.82) is 0 Å². The Balaban J connectivity index is 2.48. The predicted octanol–water partition coefficient (Wildman–Crippen LogP) is 3.38. The maximum Gasteiger partial charge on any atom is 0.449 e. The molecule has 1 heterocycles. The molecule has 0 saturated carbocycles. The summed E-state index contributed by atoms with van der Waals surface area (Å²) in [6.45, 7) is 1.46. The summed E-state index contributed by atoms with van der Waals surface area (Å²) in [4.78, 5) is 23.1. The summed E-state index contributed by atoms with van der Waals surface area (Å²) in [5, 5.41) is 1.58. The first-order valence-corrected chi connectivity index (χ1v) is 6.22. The van der Waals surface area contributed by atoms with Gasteiger partial charge in [-0.25, -0.2) is 0 Å². The normalized spacial score (nSPS) is 13.2. The van der Waals surface area contributed by atoms with Gasteiger partial charge >= 0.3 is 6.18 Å². The molecule has 0 aliphatic heterocycles. The van der Waals surface area contributed by atoms with Crippen LogP contribution in [0.15, 0.2) is 33.5 Å². The van der Waals surface area contributed by atoms with Gasteiger partial charge < -0.3 is 9.73 Å². The third-order valence-corrected chi connectivity index (χ3v) is 2.83. The number of carbonyl (C=O) groups excluding carboxylic acids is 1. The van der Waals surface area contributed by atoms with Crippen LogP contribution in [0.1, 0.15) is 12.7 Å². The zero-order valence-electron chi connectivity index (χ0n) is 10.6. The Hall–Kier alpha value is -2.02. The molecule has 21 heavy (non-hydrogen) atoms. The molecule has 8 heteroatoms. The standard InChI is InChI=1S/C13H9ClF3NO3/c1-6(14)12(20)18-7-2-3-10-8(4-7)9(19)5-11(21-10)13(15,16)17/h2-6H,1H3,(H,18,20). The summed E-state index contributed by atoms with van der Waals surface area (Å²) in [7, 11) is 0. The first-order chi connectivity index (χ1) is 9.68. The summed E-state index contributed by atoms with van der Waals surface area (Å²) >= 11 is 5.58.